The van der Waals surface area contributed by atoms with Crippen molar-refractivity contribution >= 4 is 17.8 Å². The number of amides is 2. The molecule has 8 nitrogen and oxygen atoms in total. The lowest BCUT2D eigenvalue weighted by Gasteiger charge is -2.21. The van der Waals surface area contributed by atoms with Crippen LogP contribution in [0.5, 0.6) is 0 Å². The van der Waals surface area contributed by atoms with Gasteiger partial charge in [-0.2, -0.15) is 5.10 Å². The molecule has 0 saturated carbocycles. The second-order valence-corrected chi connectivity index (χ2v) is 8.19. The van der Waals surface area contributed by atoms with E-state index < -0.39 is 0 Å². The summed E-state index contributed by atoms with van der Waals surface area (Å²) in [5.41, 5.74) is 1.40. The standard InChI is InChI=1S/C22H30FN5O3/c1-16(2)15-31-22(30)27-10-4-9-26(11-12-27)14-21(29)24-20-13-17(3)25-28(20)19-7-5-18(23)6-8-19/h5-8,13,16H,4,9-12,14-15H2,1-3H3,(H,24,29). The Kier molecular flexibility index (Phi) is 7.62. The van der Waals surface area contributed by atoms with Crippen molar-refractivity contribution in [2.24, 2.45) is 5.92 Å². The molecule has 168 valence electrons. The topological polar surface area (TPSA) is 79.7 Å². The molecule has 0 aliphatic carbocycles. The number of benzene rings is 1. The first-order valence-electron chi connectivity index (χ1n) is 10.6. The van der Waals surface area contributed by atoms with E-state index in [0.29, 0.717) is 43.7 Å². The summed E-state index contributed by atoms with van der Waals surface area (Å²) in [6.45, 7) is 8.90. The number of aromatic nitrogens is 2. The molecule has 1 fully saturated rings. The molecule has 1 aliphatic rings. The van der Waals surface area contributed by atoms with Gasteiger partial charge in [-0.3, -0.25) is 9.69 Å². The maximum absolute atomic E-state index is 13.2. The average Bonchev–Trinajstić information content (AvgIpc) is 2.93. The minimum atomic E-state index is -0.332. The van der Waals surface area contributed by atoms with Crippen molar-refractivity contribution in [3.8, 4) is 5.69 Å². The summed E-state index contributed by atoms with van der Waals surface area (Å²) >= 11 is 0. The number of rotatable bonds is 6. The van der Waals surface area contributed by atoms with Crippen molar-refractivity contribution in [2.45, 2.75) is 27.2 Å². The minimum Gasteiger partial charge on any atom is -0.449 e. The monoisotopic (exact) mass is 431 g/mol. The van der Waals surface area contributed by atoms with Crippen LogP contribution in [0, 0.1) is 18.7 Å². The molecule has 2 amide bonds. The van der Waals surface area contributed by atoms with Crippen LogP contribution in [0.2, 0.25) is 0 Å². The van der Waals surface area contributed by atoms with Crippen LogP contribution < -0.4 is 5.32 Å². The average molecular weight is 432 g/mol. The largest absolute Gasteiger partial charge is 0.449 e. The molecule has 0 unspecified atom stereocenters. The number of hydrogen-bond acceptors (Lipinski definition) is 5. The summed E-state index contributed by atoms with van der Waals surface area (Å²) in [6, 6.07) is 7.70. The molecule has 1 N–H and O–H groups in total. The summed E-state index contributed by atoms with van der Waals surface area (Å²) in [5.74, 6) is 0.325. The van der Waals surface area contributed by atoms with Crippen molar-refractivity contribution in [1.29, 1.82) is 0 Å². The summed E-state index contributed by atoms with van der Waals surface area (Å²) in [7, 11) is 0. The molecule has 0 atom stereocenters. The van der Waals surface area contributed by atoms with Crippen molar-refractivity contribution < 1.29 is 18.7 Å². The molecule has 2 aromatic rings. The first kappa shape index (κ1) is 22.7. The van der Waals surface area contributed by atoms with E-state index in [4.69, 9.17) is 4.74 Å². The fraction of sp³-hybridized carbons (Fsp3) is 0.500. The molecule has 0 spiro atoms. The summed E-state index contributed by atoms with van der Waals surface area (Å²) in [4.78, 5) is 28.6. The fourth-order valence-electron chi connectivity index (χ4n) is 3.39. The molecule has 31 heavy (non-hydrogen) atoms. The first-order valence-corrected chi connectivity index (χ1v) is 10.6. The van der Waals surface area contributed by atoms with Gasteiger partial charge in [0.05, 0.1) is 24.5 Å². The SMILES string of the molecule is Cc1cc(NC(=O)CN2CCCN(C(=O)OCC(C)C)CC2)n(-c2ccc(F)cc2)n1. The van der Waals surface area contributed by atoms with Gasteiger partial charge < -0.3 is 15.0 Å². The van der Waals surface area contributed by atoms with E-state index in [9.17, 15) is 14.0 Å². The lowest BCUT2D eigenvalue weighted by atomic mass is 10.2. The molecule has 3 rings (SSSR count). The Hall–Kier alpha value is -2.94. The van der Waals surface area contributed by atoms with Gasteiger partial charge in [0.2, 0.25) is 5.91 Å². The molecular weight excluding hydrogens is 401 g/mol. The van der Waals surface area contributed by atoms with E-state index in [1.165, 1.54) is 12.1 Å². The highest BCUT2D eigenvalue weighted by Gasteiger charge is 2.22. The molecule has 1 aromatic carbocycles. The number of carbonyl (C=O) groups is 2. The number of carbonyl (C=O) groups excluding carboxylic acids is 2. The number of nitrogens with zero attached hydrogens (tertiary/aromatic N) is 4. The normalized spacial score (nSPS) is 15.1. The predicted molar refractivity (Wildman–Crippen MR) is 116 cm³/mol. The van der Waals surface area contributed by atoms with E-state index in [2.05, 4.69) is 10.4 Å². The Labute approximate surface area is 182 Å². The third kappa shape index (κ3) is 6.52. The Morgan fingerprint density at radius 1 is 1.16 bits per heavy atom. The van der Waals surface area contributed by atoms with E-state index in [-0.39, 0.29) is 24.4 Å². The number of ether oxygens (including phenoxy) is 1. The van der Waals surface area contributed by atoms with Crippen LogP contribution in [0.1, 0.15) is 26.0 Å². The maximum atomic E-state index is 13.2. The van der Waals surface area contributed by atoms with Crippen molar-refractivity contribution in [2.75, 3.05) is 44.6 Å². The Balaban J connectivity index is 1.56. The van der Waals surface area contributed by atoms with Gasteiger partial charge >= 0.3 is 6.09 Å². The van der Waals surface area contributed by atoms with E-state index >= 15 is 0 Å². The van der Waals surface area contributed by atoms with Crippen LogP contribution in [-0.2, 0) is 9.53 Å². The molecule has 2 heterocycles. The quantitative estimate of drug-likeness (QED) is 0.761. The fourth-order valence-corrected chi connectivity index (χ4v) is 3.39. The van der Waals surface area contributed by atoms with Crippen molar-refractivity contribution in [3.05, 3.63) is 41.8 Å². The lowest BCUT2D eigenvalue weighted by Crippen LogP contribution is -2.38. The number of aryl methyl sites for hydroxylation is 1. The zero-order valence-corrected chi connectivity index (χ0v) is 18.3. The van der Waals surface area contributed by atoms with E-state index in [1.54, 1.807) is 27.8 Å². The zero-order valence-electron chi connectivity index (χ0n) is 18.3. The lowest BCUT2D eigenvalue weighted by molar-refractivity contribution is -0.117. The van der Waals surface area contributed by atoms with Crippen LogP contribution in [0.15, 0.2) is 30.3 Å². The number of anilines is 1. The number of nitrogens with one attached hydrogen (secondary N) is 1. The maximum Gasteiger partial charge on any atom is 0.409 e. The predicted octanol–water partition coefficient (Wildman–Crippen LogP) is 3.06. The van der Waals surface area contributed by atoms with Gasteiger partial charge in [0.1, 0.15) is 11.6 Å². The van der Waals surface area contributed by atoms with E-state index in [1.807, 2.05) is 25.7 Å². The van der Waals surface area contributed by atoms with Gasteiger partial charge in [0.15, 0.2) is 0 Å². The smallest absolute Gasteiger partial charge is 0.409 e. The number of hydrogen-bond donors (Lipinski definition) is 1. The summed E-state index contributed by atoms with van der Waals surface area (Å²) in [5, 5.41) is 7.29. The summed E-state index contributed by atoms with van der Waals surface area (Å²) < 4.78 is 20.1. The Bertz CT molecular complexity index is 897. The van der Waals surface area contributed by atoms with Crippen LogP contribution in [0.4, 0.5) is 15.0 Å². The third-order valence-corrected chi connectivity index (χ3v) is 4.92. The second-order valence-electron chi connectivity index (χ2n) is 8.19. The molecule has 0 bridgehead atoms. The van der Waals surface area contributed by atoms with Crippen molar-refractivity contribution in [1.82, 2.24) is 19.6 Å². The van der Waals surface area contributed by atoms with Gasteiger partial charge in [-0.1, -0.05) is 13.8 Å². The highest BCUT2D eigenvalue weighted by Crippen LogP contribution is 2.18. The van der Waals surface area contributed by atoms with E-state index in [0.717, 1.165) is 18.7 Å². The van der Waals surface area contributed by atoms with Gasteiger partial charge in [-0.05, 0) is 43.5 Å². The number of halogens is 1. The first-order chi connectivity index (χ1) is 14.8. The summed E-state index contributed by atoms with van der Waals surface area (Å²) in [6.07, 6.45) is 0.482. The van der Waals surface area contributed by atoms with Gasteiger partial charge in [0, 0.05) is 32.2 Å². The zero-order chi connectivity index (χ0) is 22.4. The molecule has 1 aromatic heterocycles. The van der Waals surface area contributed by atoms with Crippen LogP contribution >= 0.6 is 0 Å². The minimum absolute atomic E-state index is 0.168. The molecular formula is C22H30FN5O3. The van der Waals surface area contributed by atoms with Crippen LogP contribution in [-0.4, -0.2) is 70.9 Å². The van der Waals surface area contributed by atoms with Gasteiger partial charge in [-0.25, -0.2) is 13.9 Å². The van der Waals surface area contributed by atoms with Crippen LogP contribution in [0.3, 0.4) is 0 Å². The van der Waals surface area contributed by atoms with Gasteiger partial charge in [0.25, 0.3) is 0 Å². The molecule has 1 aliphatic heterocycles. The highest BCUT2D eigenvalue weighted by atomic mass is 19.1. The third-order valence-electron chi connectivity index (χ3n) is 4.92. The van der Waals surface area contributed by atoms with Gasteiger partial charge in [-0.15, -0.1) is 0 Å². The van der Waals surface area contributed by atoms with Crippen molar-refractivity contribution in [3.63, 3.8) is 0 Å². The molecule has 9 heteroatoms. The second kappa shape index (κ2) is 10.4. The highest BCUT2D eigenvalue weighted by molar-refractivity contribution is 5.91. The Morgan fingerprint density at radius 2 is 1.90 bits per heavy atom. The molecule has 1 saturated heterocycles. The Morgan fingerprint density at radius 3 is 2.61 bits per heavy atom. The molecule has 0 radical (unpaired) electrons. The van der Waals surface area contributed by atoms with Crippen LogP contribution in [0.25, 0.3) is 5.69 Å².